The number of aliphatic carboxylic acids is 1. The Hall–Kier alpha value is -2.02. The van der Waals surface area contributed by atoms with Gasteiger partial charge in [-0.1, -0.05) is 12.1 Å². The molecule has 4 heteroatoms. The monoisotopic (exact) mass is 246 g/mol. The Morgan fingerprint density at radius 3 is 2.72 bits per heavy atom. The number of para-hydroxylation sites is 1. The molecule has 18 heavy (non-hydrogen) atoms. The van der Waals surface area contributed by atoms with Crippen LogP contribution in [0.3, 0.4) is 0 Å². The summed E-state index contributed by atoms with van der Waals surface area (Å²) in [6.45, 7) is 5.80. The van der Waals surface area contributed by atoms with Gasteiger partial charge in [-0.3, -0.25) is 4.79 Å². The van der Waals surface area contributed by atoms with Crippen molar-refractivity contribution in [3.63, 3.8) is 0 Å². The Morgan fingerprint density at radius 1 is 1.50 bits per heavy atom. The fraction of sp³-hybridized carbons (Fsp3) is 0.429. The SMILES string of the molecule is Cc1cccc(C#N)c1NC(C)(C)CCC(=O)O. The minimum atomic E-state index is -0.810. The maximum Gasteiger partial charge on any atom is 0.303 e. The molecule has 0 spiro atoms. The summed E-state index contributed by atoms with van der Waals surface area (Å²) in [5.41, 5.74) is 1.99. The number of anilines is 1. The van der Waals surface area contributed by atoms with Crippen LogP contribution in [-0.2, 0) is 4.79 Å². The van der Waals surface area contributed by atoms with E-state index in [2.05, 4.69) is 11.4 Å². The van der Waals surface area contributed by atoms with Crippen LogP contribution in [0.1, 0.15) is 37.8 Å². The summed E-state index contributed by atoms with van der Waals surface area (Å²) in [4.78, 5) is 10.6. The van der Waals surface area contributed by atoms with Crippen LogP contribution < -0.4 is 5.32 Å². The summed E-state index contributed by atoms with van der Waals surface area (Å²) in [5.74, 6) is -0.810. The Kier molecular flexibility index (Phi) is 4.33. The molecule has 0 aromatic heterocycles. The highest BCUT2D eigenvalue weighted by molar-refractivity contribution is 5.67. The maximum absolute atomic E-state index is 10.6. The summed E-state index contributed by atoms with van der Waals surface area (Å²) >= 11 is 0. The second kappa shape index (κ2) is 5.54. The molecular formula is C14H18N2O2. The molecule has 1 aromatic rings. The average molecular weight is 246 g/mol. The van der Waals surface area contributed by atoms with Crippen LogP contribution in [0.5, 0.6) is 0 Å². The van der Waals surface area contributed by atoms with E-state index in [0.717, 1.165) is 11.3 Å². The Balaban J connectivity index is 2.90. The molecule has 0 atom stereocenters. The number of carboxylic acid groups (broad SMARTS) is 1. The molecule has 0 unspecified atom stereocenters. The molecule has 0 heterocycles. The molecule has 4 nitrogen and oxygen atoms in total. The van der Waals surface area contributed by atoms with Crippen molar-refractivity contribution in [3.05, 3.63) is 29.3 Å². The Morgan fingerprint density at radius 2 is 2.17 bits per heavy atom. The predicted molar refractivity (Wildman–Crippen MR) is 70.5 cm³/mol. The van der Waals surface area contributed by atoms with E-state index in [1.165, 1.54) is 0 Å². The van der Waals surface area contributed by atoms with Crippen LogP contribution in [-0.4, -0.2) is 16.6 Å². The van der Waals surface area contributed by atoms with Crippen LogP contribution in [0, 0.1) is 18.3 Å². The van der Waals surface area contributed by atoms with E-state index in [1.54, 1.807) is 6.07 Å². The number of carboxylic acids is 1. The number of nitrogens with one attached hydrogen (secondary N) is 1. The van der Waals surface area contributed by atoms with Crippen molar-refractivity contribution in [2.24, 2.45) is 0 Å². The normalized spacial score (nSPS) is 10.8. The maximum atomic E-state index is 10.6. The summed E-state index contributed by atoms with van der Waals surface area (Å²) in [7, 11) is 0. The Bertz CT molecular complexity index is 487. The van der Waals surface area contributed by atoms with Gasteiger partial charge in [0.05, 0.1) is 11.3 Å². The molecule has 0 amide bonds. The van der Waals surface area contributed by atoms with E-state index < -0.39 is 5.97 Å². The van der Waals surface area contributed by atoms with Gasteiger partial charge in [0.1, 0.15) is 6.07 Å². The minimum Gasteiger partial charge on any atom is -0.481 e. The number of carbonyl (C=O) groups is 1. The van der Waals surface area contributed by atoms with Crippen LogP contribution in [0.25, 0.3) is 0 Å². The van der Waals surface area contributed by atoms with Crippen LogP contribution in [0.4, 0.5) is 5.69 Å². The van der Waals surface area contributed by atoms with Gasteiger partial charge >= 0.3 is 5.97 Å². The zero-order valence-corrected chi connectivity index (χ0v) is 10.9. The van der Waals surface area contributed by atoms with Crippen molar-refractivity contribution in [2.45, 2.75) is 39.2 Å². The Labute approximate surface area is 107 Å². The zero-order chi connectivity index (χ0) is 13.8. The van der Waals surface area contributed by atoms with Crippen molar-refractivity contribution in [1.82, 2.24) is 0 Å². The van der Waals surface area contributed by atoms with Crippen LogP contribution in [0.2, 0.25) is 0 Å². The van der Waals surface area contributed by atoms with Crippen LogP contribution >= 0.6 is 0 Å². The number of hydrogen-bond donors (Lipinski definition) is 2. The molecular weight excluding hydrogens is 228 g/mol. The van der Waals surface area contributed by atoms with Crippen molar-refractivity contribution < 1.29 is 9.90 Å². The van der Waals surface area contributed by atoms with Crippen molar-refractivity contribution >= 4 is 11.7 Å². The van der Waals surface area contributed by atoms with Crippen LogP contribution in [0.15, 0.2) is 18.2 Å². The molecule has 0 radical (unpaired) electrons. The molecule has 1 aromatic carbocycles. The second-order valence-corrected chi connectivity index (χ2v) is 5.01. The molecule has 0 saturated carbocycles. The van der Waals surface area contributed by atoms with Gasteiger partial charge in [0, 0.05) is 12.0 Å². The van der Waals surface area contributed by atoms with Gasteiger partial charge in [-0.2, -0.15) is 5.26 Å². The molecule has 96 valence electrons. The summed E-state index contributed by atoms with van der Waals surface area (Å²) in [5, 5.41) is 21.1. The van der Waals surface area contributed by atoms with Gasteiger partial charge in [0.15, 0.2) is 0 Å². The summed E-state index contributed by atoms with van der Waals surface area (Å²) < 4.78 is 0. The highest BCUT2D eigenvalue weighted by Gasteiger charge is 2.20. The van der Waals surface area contributed by atoms with Gasteiger partial charge < -0.3 is 10.4 Å². The van der Waals surface area contributed by atoms with E-state index in [0.29, 0.717) is 12.0 Å². The van der Waals surface area contributed by atoms with Gasteiger partial charge in [-0.05, 0) is 38.8 Å². The lowest BCUT2D eigenvalue weighted by molar-refractivity contribution is -0.137. The minimum absolute atomic E-state index is 0.105. The molecule has 0 aliphatic carbocycles. The molecule has 0 fully saturated rings. The van der Waals surface area contributed by atoms with E-state index in [4.69, 9.17) is 10.4 Å². The third kappa shape index (κ3) is 3.77. The third-order valence-electron chi connectivity index (χ3n) is 2.82. The summed E-state index contributed by atoms with van der Waals surface area (Å²) in [6.07, 6.45) is 0.606. The van der Waals surface area contributed by atoms with Gasteiger partial charge in [0.25, 0.3) is 0 Å². The fourth-order valence-electron chi connectivity index (χ4n) is 1.75. The smallest absolute Gasteiger partial charge is 0.303 e. The van der Waals surface area contributed by atoms with Crippen molar-refractivity contribution in [1.29, 1.82) is 5.26 Å². The highest BCUT2D eigenvalue weighted by Crippen LogP contribution is 2.25. The lowest BCUT2D eigenvalue weighted by Crippen LogP contribution is -2.32. The third-order valence-corrected chi connectivity index (χ3v) is 2.82. The van der Waals surface area contributed by atoms with E-state index in [-0.39, 0.29) is 12.0 Å². The van der Waals surface area contributed by atoms with Gasteiger partial charge in [-0.15, -0.1) is 0 Å². The topological polar surface area (TPSA) is 73.1 Å². The second-order valence-electron chi connectivity index (χ2n) is 5.01. The number of benzene rings is 1. The van der Waals surface area contributed by atoms with Crippen molar-refractivity contribution in [3.8, 4) is 6.07 Å². The predicted octanol–water partition coefficient (Wildman–Crippen LogP) is 2.92. The number of rotatable bonds is 5. The van der Waals surface area contributed by atoms with Crippen molar-refractivity contribution in [2.75, 3.05) is 5.32 Å². The fourth-order valence-corrected chi connectivity index (χ4v) is 1.75. The summed E-state index contributed by atoms with van der Waals surface area (Å²) in [6, 6.07) is 7.66. The molecule has 0 aliphatic heterocycles. The molecule has 1 rings (SSSR count). The molecule has 0 saturated heterocycles. The largest absolute Gasteiger partial charge is 0.481 e. The highest BCUT2D eigenvalue weighted by atomic mass is 16.4. The first-order chi connectivity index (χ1) is 8.35. The standard InChI is InChI=1S/C14H18N2O2/c1-10-5-4-6-11(9-15)13(10)16-14(2,3)8-7-12(17)18/h4-6,16H,7-8H2,1-3H3,(H,17,18). The van der Waals surface area contributed by atoms with E-state index in [9.17, 15) is 4.79 Å². The molecule has 2 N–H and O–H groups in total. The van der Waals surface area contributed by atoms with E-state index >= 15 is 0 Å². The number of hydrogen-bond acceptors (Lipinski definition) is 3. The lowest BCUT2D eigenvalue weighted by atomic mass is 9.96. The molecule has 0 bridgehead atoms. The number of aryl methyl sites for hydroxylation is 1. The first kappa shape index (κ1) is 14.0. The number of nitrogens with zero attached hydrogens (tertiary/aromatic N) is 1. The quantitative estimate of drug-likeness (QED) is 0.837. The van der Waals surface area contributed by atoms with E-state index in [1.807, 2.05) is 32.9 Å². The molecule has 0 aliphatic rings. The zero-order valence-electron chi connectivity index (χ0n) is 10.9. The first-order valence-corrected chi connectivity index (χ1v) is 5.85. The van der Waals surface area contributed by atoms with Gasteiger partial charge in [0.2, 0.25) is 0 Å². The average Bonchev–Trinajstić information content (AvgIpc) is 2.29. The lowest BCUT2D eigenvalue weighted by Gasteiger charge is -2.28. The van der Waals surface area contributed by atoms with Gasteiger partial charge in [-0.25, -0.2) is 0 Å². The first-order valence-electron chi connectivity index (χ1n) is 5.85. The number of nitriles is 1.